The number of carbonyl (C=O) groups excluding carboxylic acids is 2. The summed E-state index contributed by atoms with van der Waals surface area (Å²) in [6.45, 7) is 5.88. The maximum atomic E-state index is 13.7. The molecular formula is C15H17F2IN2O3. The fourth-order valence-corrected chi connectivity index (χ4v) is 2.47. The third-order valence-electron chi connectivity index (χ3n) is 3.12. The lowest BCUT2D eigenvalue weighted by atomic mass is 10.1. The number of nitrogens with one attached hydrogen (secondary N) is 1. The Morgan fingerprint density at radius 3 is 2.43 bits per heavy atom. The summed E-state index contributed by atoms with van der Waals surface area (Å²) in [6, 6.07) is 1.56. The number of benzene rings is 1. The van der Waals surface area contributed by atoms with Gasteiger partial charge >= 0.3 is 6.09 Å². The van der Waals surface area contributed by atoms with Crippen LogP contribution in [0.1, 0.15) is 31.1 Å². The first kappa shape index (κ1) is 17.9. The Labute approximate surface area is 146 Å². The average Bonchev–Trinajstić information content (AvgIpc) is 2.35. The van der Waals surface area contributed by atoms with Crippen LogP contribution < -0.4 is 5.32 Å². The molecular weight excluding hydrogens is 421 g/mol. The van der Waals surface area contributed by atoms with Crippen molar-refractivity contribution in [1.29, 1.82) is 0 Å². The van der Waals surface area contributed by atoms with Crippen molar-refractivity contribution in [1.82, 2.24) is 10.2 Å². The molecule has 1 aromatic rings. The van der Waals surface area contributed by atoms with E-state index >= 15 is 0 Å². The van der Waals surface area contributed by atoms with Crippen LogP contribution in [0.4, 0.5) is 13.6 Å². The Kier molecular flexibility index (Phi) is 5.12. The maximum Gasteiger partial charge on any atom is 0.410 e. The van der Waals surface area contributed by atoms with Crippen LogP contribution in [0, 0.1) is 15.2 Å². The van der Waals surface area contributed by atoms with Crippen LogP contribution in [0.15, 0.2) is 12.1 Å². The molecule has 23 heavy (non-hydrogen) atoms. The highest BCUT2D eigenvalue weighted by Gasteiger charge is 2.35. The Morgan fingerprint density at radius 2 is 1.87 bits per heavy atom. The number of nitrogens with zero attached hydrogens (tertiary/aromatic N) is 1. The van der Waals surface area contributed by atoms with E-state index < -0.39 is 29.2 Å². The normalized spacial score (nSPS) is 15.1. The van der Waals surface area contributed by atoms with E-state index in [0.717, 1.165) is 6.07 Å². The topological polar surface area (TPSA) is 58.6 Å². The van der Waals surface area contributed by atoms with Gasteiger partial charge in [-0.15, -0.1) is 0 Å². The molecule has 1 aliphatic rings. The van der Waals surface area contributed by atoms with Crippen LogP contribution in [0.3, 0.4) is 0 Å². The van der Waals surface area contributed by atoms with Crippen molar-refractivity contribution in [3.05, 3.63) is 32.9 Å². The molecule has 0 aromatic heterocycles. The van der Waals surface area contributed by atoms with Gasteiger partial charge in [0.2, 0.25) is 0 Å². The van der Waals surface area contributed by atoms with Crippen molar-refractivity contribution in [3.8, 4) is 0 Å². The molecule has 0 unspecified atom stereocenters. The minimum absolute atomic E-state index is 0.165. The molecule has 0 radical (unpaired) electrons. The fourth-order valence-electron chi connectivity index (χ4n) is 2.01. The van der Waals surface area contributed by atoms with Gasteiger partial charge in [-0.05, 0) is 49.4 Å². The minimum Gasteiger partial charge on any atom is -0.444 e. The Hall–Kier alpha value is -1.45. The summed E-state index contributed by atoms with van der Waals surface area (Å²) < 4.78 is 32.2. The molecule has 1 saturated heterocycles. The van der Waals surface area contributed by atoms with Crippen LogP contribution in [0.25, 0.3) is 0 Å². The van der Waals surface area contributed by atoms with E-state index in [1.165, 1.54) is 4.90 Å². The molecule has 1 aromatic carbocycles. The third kappa shape index (κ3) is 4.52. The number of amides is 2. The Balaban J connectivity index is 1.90. The van der Waals surface area contributed by atoms with E-state index in [9.17, 15) is 18.4 Å². The van der Waals surface area contributed by atoms with Crippen LogP contribution >= 0.6 is 22.6 Å². The van der Waals surface area contributed by atoms with Gasteiger partial charge in [0, 0.05) is 22.7 Å². The molecule has 5 nitrogen and oxygen atoms in total. The molecule has 1 aliphatic heterocycles. The highest BCUT2D eigenvalue weighted by molar-refractivity contribution is 14.1. The molecule has 2 amide bonds. The largest absolute Gasteiger partial charge is 0.444 e. The fraction of sp³-hybridized carbons (Fsp3) is 0.467. The Morgan fingerprint density at radius 1 is 1.26 bits per heavy atom. The van der Waals surface area contributed by atoms with Gasteiger partial charge in [-0.1, -0.05) is 0 Å². The molecule has 2 rings (SSSR count). The predicted octanol–water partition coefficient (Wildman–Crippen LogP) is 2.92. The monoisotopic (exact) mass is 438 g/mol. The van der Waals surface area contributed by atoms with Gasteiger partial charge in [0.25, 0.3) is 5.91 Å². The Bertz CT molecular complexity index is 640. The molecule has 1 heterocycles. The standard InChI is InChI=1S/C15H17F2IN2O3/c1-15(2,3)23-14(22)20-6-8(7-20)19-13(21)9-4-12(18)11(17)5-10(9)16/h4-5,8H,6-7H2,1-3H3,(H,19,21). The summed E-state index contributed by atoms with van der Waals surface area (Å²) in [5, 5.41) is 2.61. The molecule has 1 fully saturated rings. The van der Waals surface area contributed by atoms with E-state index in [2.05, 4.69) is 5.32 Å². The molecule has 0 bridgehead atoms. The predicted molar refractivity (Wildman–Crippen MR) is 88.1 cm³/mol. The smallest absolute Gasteiger partial charge is 0.410 e. The number of halogens is 3. The van der Waals surface area contributed by atoms with Gasteiger partial charge in [-0.25, -0.2) is 13.6 Å². The molecule has 126 valence electrons. The van der Waals surface area contributed by atoms with Gasteiger partial charge in [0.15, 0.2) is 0 Å². The quantitative estimate of drug-likeness (QED) is 0.571. The summed E-state index contributed by atoms with van der Waals surface area (Å²) >= 11 is 1.69. The summed E-state index contributed by atoms with van der Waals surface area (Å²) in [5.74, 6) is -2.25. The van der Waals surface area contributed by atoms with Gasteiger partial charge < -0.3 is 15.0 Å². The van der Waals surface area contributed by atoms with Crippen molar-refractivity contribution in [2.24, 2.45) is 0 Å². The highest BCUT2D eigenvalue weighted by atomic mass is 127. The zero-order valence-corrected chi connectivity index (χ0v) is 15.1. The van der Waals surface area contributed by atoms with E-state index in [1.807, 2.05) is 0 Å². The molecule has 1 N–H and O–H groups in total. The summed E-state index contributed by atoms with van der Waals surface area (Å²) in [5.41, 5.74) is -0.800. The van der Waals surface area contributed by atoms with Crippen LogP contribution in [-0.4, -0.2) is 41.6 Å². The molecule has 0 spiro atoms. The third-order valence-corrected chi connectivity index (χ3v) is 3.95. The molecule has 8 heteroatoms. The SMILES string of the molecule is CC(C)(C)OC(=O)N1CC(NC(=O)c2cc(I)c(F)cc2F)C1. The first-order chi connectivity index (χ1) is 10.6. The lowest BCUT2D eigenvalue weighted by molar-refractivity contribution is 0.00530. The lowest BCUT2D eigenvalue weighted by Crippen LogP contribution is -2.61. The second kappa shape index (κ2) is 6.58. The van der Waals surface area contributed by atoms with Crippen molar-refractivity contribution in [2.75, 3.05) is 13.1 Å². The number of hydrogen-bond donors (Lipinski definition) is 1. The number of carbonyl (C=O) groups is 2. The maximum absolute atomic E-state index is 13.7. The number of ether oxygens (including phenoxy) is 1. The zero-order valence-electron chi connectivity index (χ0n) is 13.0. The molecule has 0 atom stereocenters. The summed E-state index contributed by atoms with van der Waals surface area (Å²) in [4.78, 5) is 25.2. The van der Waals surface area contributed by atoms with E-state index in [1.54, 1.807) is 43.4 Å². The lowest BCUT2D eigenvalue weighted by Gasteiger charge is -2.39. The van der Waals surface area contributed by atoms with E-state index in [-0.39, 0.29) is 15.2 Å². The second-order valence-electron chi connectivity index (χ2n) is 6.30. The zero-order chi connectivity index (χ0) is 17.4. The van der Waals surface area contributed by atoms with Crippen molar-refractivity contribution < 1.29 is 23.1 Å². The highest BCUT2D eigenvalue weighted by Crippen LogP contribution is 2.19. The van der Waals surface area contributed by atoms with Crippen molar-refractivity contribution >= 4 is 34.6 Å². The van der Waals surface area contributed by atoms with Crippen LogP contribution in [0.2, 0.25) is 0 Å². The van der Waals surface area contributed by atoms with Gasteiger partial charge in [-0.2, -0.15) is 0 Å². The number of likely N-dealkylation sites (tertiary alicyclic amines) is 1. The minimum atomic E-state index is -0.913. The molecule has 0 aliphatic carbocycles. The van der Waals surface area contributed by atoms with Gasteiger partial charge in [-0.3, -0.25) is 4.79 Å². The van der Waals surface area contributed by atoms with Crippen LogP contribution in [0.5, 0.6) is 0 Å². The summed E-state index contributed by atoms with van der Waals surface area (Å²) in [7, 11) is 0. The second-order valence-corrected chi connectivity index (χ2v) is 7.46. The first-order valence-corrected chi connectivity index (χ1v) is 8.08. The van der Waals surface area contributed by atoms with Gasteiger partial charge in [0.05, 0.1) is 11.6 Å². The first-order valence-electron chi connectivity index (χ1n) is 7.00. The van der Waals surface area contributed by atoms with Crippen LogP contribution in [-0.2, 0) is 4.74 Å². The van der Waals surface area contributed by atoms with Crippen molar-refractivity contribution in [3.63, 3.8) is 0 Å². The number of rotatable bonds is 2. The van der Waals surface area contributed by atoms with Gasteiger partial charge in [0.1, 0.15) is 17.2 Å². The average molecular weight is 438 g/mol. The van der Waals surface area contributed by atoms with E-state index in [4.69, 9.17) is 4.74 Å². The van der Waals surface area contributed by atoms with Crippen molar-refractivity contribution in [2.45, 2.75) is 32.4 Å². The molecule has 0 saturated carbocycles. The van der Waals surface area contributed by atoms with E-state index in [0.29, 0.717) is 19.2 Å². The number of hydrogen-bond acceptors (Lipinski definition) is 3. The summed E-state index contributed by atoms with van der Waals surface area (Å²) in [6.07, 6.45) is -0.453.